The van der Waals surface area contributed by atoms with Crippen LogP contribution in [0.2, 0.25) is 0 Å². The Hall–Kier alpha value is -1.87. The number of carbonyl (C=O) groups excluding carboxylic acids is 1. The highest BCUT2D eigenvalue weighted by molar-refractivity contribution is 5.64. The van der Waals surface area contributed by atoms with Crippen molar-refractivity contribution in [1.82, 2.24) is 0 Å². The molecule has 0 radical (unpaired) electrons. The molecule has 3 nitrogen and oxygen atoms in total. The van der Waals surface area contributed by atoms with E-state index in [-0.39, 0.29) is 6.10 Å². The smallest absolute Gasteiger partial charge is 0.142 e. The van der Waals surface area contributed by atoms with E-state index in [1.54, 1.807) is 13.2 Å². The minimum atomic E-state index is -0.0271. The van der Waals surface area contributed by atoms with Gasteiger partial charge in [0.2, 0.25) is 0 Å². The number of methoxy groups -OCH3 is 1. The van der Waals surface area contributed by atoms with Crippen LogP contribution in [0.5, 0.6) is 5.75 Å². The van der Waals surface area contributed by atoms with Gasteiger partial charge in [-0.3, -0.25) is 4.79 Å². The van der Waals surface area contributed by atoms with Crippen LogP contribution in [0.15, 0.2) is 42.5 Å². The van der Waals surface area contributed by atoms with E-state index >= 15 is 0 Å². The number of benzene rings is 1. The molecule has 0 fully saturated rings. The molecule has 126 valence electrons. The van der Waals surface area contributed by atoms with E-state index in [0.29, 0.717) is 6.42 Å². The first kappa shape index (κ1) is 19.2. The summed E-state index contributed by atoms with van der Waals surface area (Å²) in [5.41, 5.74) is 1.10. The van der Waals surface area contributed by atoms with Crippen LogP contribution in [0.3, 0.4) is 0 Å². The van der Waals surface area contributed by atoms with E-state index in [0.717, 1.165) is 30.6 Å². The van der Waals surface area contributed by atoms with Gasteiger partial charge in [0, 0.05) is 7.11 Å². The molecule has 23 heavy (non-hydrogen) atoms. The summed E-state index contributed by atoms with van der Waals surface area (Å²) in [6.07, 6.45) is 13.6. The fourth-order valence-electron chi connectivity index (χ4n) is 2.13. The second kappa shape index (κ2) is 12.7. The Kier molecular flexibility index (Phi) is 10.5. The summed E-state index contributed by atoms with van der Waals surface area (Å²) in [6.45, 7) is 2.99. The fraction of sp³-hybridized carbons (Fsp3) is 0.450. The highest BCUT2D eigenvalue weighted by Gasteiger charge is 1.99. The molecule has 0 aliphatic rings. The van der Waals surface area contributed by atoms with Crippen LogP contribution < -0.4 is 4.74 Å². The van der Waals surface area contributed by atoms with E-state index < -0.39 is 0 Å². The van der Waals surface area contributed by atoms with Crippen LogP contribution in [0.25, 0.3) is 6.08 Å². The number of hydrogen-bond acceptors (Lipinski definition) is 3. The first-order valence-electron chi connectivity index (χ1n) is 8.34. The number of aldehydes is 1. The topological polar surface area (TPSA) is 35.5 Å². The summed E-state index contributed by atoms with van der Waals surface area (Å²) in [5.74, 6) is 0.913. The molecule has 1 aromatic carbocycles. The van der Waals surface area contributed by atoms with Crippen LogP contribution in [-0.2, 0) is 9.53 Å². The SMILES string of the molecule is CCCCCCOc1ccc(/C=C/C(C/C=C/C=O)OC)cc1. The molecule has 0 amide bonds. The summed E-state index contributed by atoms with van der Waals surface area (Å²) >= 11 is 0. The Morgan fingerprint density at radius 3 is 2.57 bits per heavy atom. The van der Waals surface area contributed by atoms with Crippen molar-refractivity contribution >= 4 is 12.4 Å². The average molecular weight is 316 g/mol. The van der Waals surface area contributed by atoms with Crippen molar-refractivity contribution < 1.29 is 14.3 Å². The Labute approximate surface area is 140 Å². The van der Waals surface area contributed by atoms with Crippen LogP contribution in [0.1, 0.15) is 44.6 Å². The van der Waals surface area contributed by atoms with Crippen LogP contribution in [0, 0.1) is 0 Å². The average Bonchev–Trinajstić information content (AvgIpc) is 2.59. The normalized spacial score (nSPS) is 12.8. The molecule has 0 saturated heterocycles. The van der Waals surface area contributed by atoms with Gasteiger partial charge in [-0.2, -0.15) is 0 Å². The lowest BCUT2D eigenvalue weighted by molar-refractivity contribution is -0.104. The Balaban J connectivity index is 2.41. The predicted molar refractivity (Wildman–Crippen MR) is 95.7 cm³/mol. The monoisotopic (exact) mass is 316 g/mol. The van der Waals surface area contributed by atoms with Gasteiger partial charge in [0.15, 0.2) is 0 Å². The van der Waals surface area contributed by atoms with Crippen LogP contribution >= 0.6 is 0 Å². The molecule has 0 aliphatic carbocycles. The molecule has 0 bridgehead atoms. The third kappa shape index (κ3) is 8.99. The minimum absolute atomic E-state index is 0.0271. The van der Waals surface area contributed by atoms with Crippen molar-refractivity contribution in [2.24, 2.45) is 0 Å². The van der Waals surface area contributed by atoms with Gasteiger partial charge in [0.25, 0.3) is 0 Å². The maximum absolute atomic E-state index is 10.3. The second-order valence-corrected chi connectivity index (χ2v) is 5.41. The highest BCUT2D eigenvalue weighted by Crippen LogP contribution is 2.15. The maximum atomic E-state index is 10.3. The van der Waals surface area contributed by atoms with Crippen LogP contribution in [-0.4, -0.2) is 26.1 Å². The van der Waals surface area contributed by atoms with E-state index in [1.165, 1.54) is 25.3 Å². The van der Waals surface area contributed by atoms with Crippen molar-refractivity contribution in [1.29, 1.82) is 0 Å². The van der Waals surface area contributed by atoms with Gasteiger partial charge in [-0.15, -0.1) is 0 Å². The molecule has 1 unspecified atom stereocenters. The third-order valence-corrected chi connectivity index (χ3v) is 3.54. The van der Waals surface area contributed by atoms with Crippen molar-refractivity contribution in [3.8, 4) is 5.75 Å². The van der Waals surface area contributed by atoms with Gasteiger partial charge in [-0.25, -0.2) is 0 Å². The summed E-state index contributed by atoms with van der Waals surface area (Å²) in [4.78, 5) is 10.3. The van der Waals surface area contributed by atoms with E-state index in [4.69, 9.17) is 9.47 Å². The quantitative estimate of drug-likeness (QED) is 0.315. The third-order valence-electron chi connectivity index (χ3n) is 3.54. The van der Waals surface area contributed by atoms with Gasteiger partial charge in [-0.05, 0) is 36.6 Å². The number of hydrogen-bond donors (Lipinski definition) is 0. The molecule has 0 aliphatic heterocycles. The number of allylic oxidation sites excluding steroid dienone is 1. The number of unbranched alkanes of at least 4 members (excludes halogenated alkanes) is 3. The maximum Gasteiger partial charge on any atom is 0.142 e. The lowest BCUT2D eigenvalue weighted by atomic mass is 10.1. The Morgan fingerprint density at radius 2 is 1.91 bits per heavy atom. The van der Waals surface area contributed by atoms with Gasteiger partial charge < -0.3 is 9.47 Å². The molecule has 1 atom stereocenters. The second-order valence-electron chi connectivity index (χ2n) is 5.41. The number of rotatable bonds is 12. The zero-order chi connectivity index (χ0) is 16.8. The lowest BCUT2D eigenvalue weighted by Gasteiger charge is -2.08. The van der Waals surface area contributed by atoms with Crippen molar-refractivity contribution in [2.75, 3.05) is 13.7 Å². The molecule has 0 spiro atoms. The van der Waals surface area contributed by atoms with Crippen LogP contribution in [0.4, 0.5) is 0 Å². The summed E-state index contributed by atoms with van der Waals surface area (Å²) in [7, 11) is 1.67. The minimum Gasteiger partial charge on any atom is -0.494 e. The fourth-order valence-corrected chi connectivity index (χ4v) is 2.13. The number of carbonyl (C=O) groups is 1. The van der Waals surface area contributed by atoms with Gasteiger partial charge in [-0.1, -0.05) is 56.5 Å². The first-order valence-corrected chi connectivity index (χ1v) is 8.34. The number of ether oxygens (including phenoxy) is 2. The highest BCUT2D eigenvalue weighted by atomic mass is 16.5. The van der Waals surface area contributed by atoms with E-state index in [1.807, 2.05) is 36.4 Å². The standard InChI is InChI=1S/C20H28O3/c1-3-4-5-8-17-23-20-14-11-18(12-15-20)10-13-19(22-2)9-6-7-16-21/h6-7,10-16,19H,3-5,8-9,17H2,1-2H3/b7-6+,13-10+. The molecular weight excluding hydrogens is 288 g/mol. The van der Waals surface area contributed by atoms with Crippen molar-refractivity contribution in [2.45, 2.75) is 45.1 Å². The van der Waals surface area contributed by atoms with Gasteiger partial charge in [0.05, 0.1) is 12.7 Å². The van der Waals surface area contributed by atoms with Crippen molar-refractivity contribution in [3.05, 3.63) is 48.1 Å². The summed E-state index contributed by atoms with van der Waals surface area (Å²) < 4.78 is 11.1. The van der Waals surface area contributed by atoms with Gasteiger partial charge >= 0.3 is 0 Å². The lowest BCUT2D eigenvalue weighted by Crippen LogP contribution is -2.04. The molecule has 0 N–H and O–H groups in total. The Bertz CT molecular complexity index is 474. The zero-order valence-corrected chi connectivity index (χ0v) is 14.2. The molecule has 3 heteroatoms. The first-order chi connectivity index (χ1) is 11.3. The molecule has 0 aromatic heterocycles. The van der Waals surface area contributed by atoms with E-state index in [2.05, 4.69) is 6.92 Å². The molecule has 1 aromatic rings. The van der Waals surface area contributed by atoms with Crippen molar-refractivity contribution in [3.63, 3.8) is 0 Å². The molecular formula is C20H28O3. The zero-order valence-electron chi connectivity index (χ0n) is 14.2. The largest absolute Gasteiger partial charge is 0.494 e. The predicted octanol–water partition coefficient (Wildman–Crippen LogP) is 4.82. The molecule has 0 heterocycles. The van der Waals surface area contributed by atoms with E-state index in [9.17, 15) is 4.79 Å². The summed E-state index contributed by atoms with van der Waals surface area (Å²) in [6, 6.07) is 8.05. The van der Waals surface area contributed by atoms with Gasteiger partial charge in [0.1, 0.15) is 12.0 Å². The molecule has 1 rings (SSSR count). The molecule has 0 saturated carbocycles. The Morgan fingerprint density at radius 1 is 1.13 bits per heavy atom. The summed E-state index contributed by atoms with van der Waals surface area (Å²) in [5, 5.41) is 0.